The van der Waals surface area contributed by atoms with Gasteiger partial charge in [-0.1, -0.05) is 60.7 Å². The predicted molar refractivity (Wildman–Crippen MR) is 130 cm³/mol. The van der Waals surface area contributed by atoms with Crippen LogP contribution in [0.2, 0.25) is 0 Å². The third-order valence-corrected chi connectivity index (χ3v) is 6.22. The highest BCUT2D eigenvalue weighted by Crippen LogP contribution is 2.37. The molecule has 0 radical (unpaired) electrons. The molecule has 0 unspecified atom stereocenters. The highest BCUT2D eigenvalue weighted by atomic mass is 16.7. The Morgan fingerprint density at radius 1 is 0.972 bits per heavy atom. The molecule has 5 rings (SSSR count). The zero-order chi connectivity index (χ0) is 25.3. The van der Waals surface area contributed by atoms with Crippen LogP contribution in [0.15, 0.2) is 72.8 Å². The number of urea groups is 1. The molecule has 9 heteroatoms. The zero-order valence-corrected chi connectivity index (χ0v) is 19.4. The second-order valence-corrected chi connectivity index (χ2v) is 8.61. The van der Waals surface area contributed by atoms with E-state index in [1.54, 1.807) is 24.3 Å². The maximum atomic E-state index is 13.7. The number of ether oxygens (including phenoxy) is 2. The number of Topliss-reactive ketones (excluding diaryl/α,β-unsaturated/α-hetero) is 1. The number of carbonyl (C=O) groups is 4. The van der Waals surface area contributed by atoms with Crippen molar-refractivity contribution >= 4 is 29.3 Å². The van der Waals surface area contributed by atoms with Gasteiger partial charge in [0.05, 0.1) is 5.69 Å². The Kier molecular flexibility index (Phi) is 5.89. The number of ketones is 1. The van der Waals surface area contributed by atoms with Crippen molar-refractivity contribution in [2.75, 3.05) is 18.7 Å². The first kappa shape index (κ1) is 23.1. The van der Waals surface area contributed by atoms with Gasteiger partial charge in [0.2, 0.25) is 12.7 Å². The summed E-state index contributed by atoms with van der Waals surface area (Å²) in [4.78, 5) is 52.7. The van der Waals surface area contributed by atoms with Crippen LogP contribution in [0, 0.1) is 0 Å². The first-order chi connectivity index (χ1) is 17.4. The van der Waals surface area contributed by atoms with Crippen LogP contribution >= 0.6 is 0 Å². The number of amides is 4. The first-order valence-corrected chi connectivity index (χ1v) is 11.4. The Morgan fingerprint density at radius 3 is 2.28 bits per heavy atom. The van der Waals surface area contributed by atoms with Crippen molar-refractivity contribution < 1.29 is 28.7 Å². The monoisotopic (exact) mass is 485 g/mol. The Labute approximate surface area is 207 Å². The summed E-state index contributed by atoms with van der Waals surface area (Å²) in [5.41, 5.74) is 0.552. The lowest BCUT2D eigenvalue weighted by molar-refractivity contribution is -0.134. The van der Waals surface area contributed by atoms with E-state index in [0.717, 1.165) is 10.5 Å². The maximum absolute atomic E-state index is 13.7. The van der Waals surface area contributed by atoms with Crippen LogP contribution in [-0.4, -0.2) is 41.9 Å². The molecule has 4 amide bonds. The summed E-state index contributed by atoms with van der Waals surface area (Å²) in [6, 6.07) is 20.6. The fraction of sp³-hybridized carbons (Fsp3) is 0.185. The second kappa shape index (κ2) is 9.18. The first-order valence-electron chi connectivity index (χ1n) is 11.4. The zero-order valence-electron chi connectivity index (χ0n) is 19.4. The molecule has 2 aliphatic heterocycles. The number of nitrogens with one attached hydrogen (secondary N) is 2. The summed E-state index contributed by atoms with van der Waals surface area (Å²) < 4.78 is 10.6. The Bertz CT molecular complexity index is 1360. The van der Waals surface area contributed by atoms with Gasteiger partial charge in [-0.15, -0.1) is 0 Å². The van der Waals surface area contributed by atoms with Crippen LogP contribution in [0.25, 0.3) is 0 Å². The Balaban J connectivity index is 1.41. The molecule has 3 aromatic rings. The molecular weight excluding hydrogens is 462 g/mol. The number of anilines is 1. The van der Waals surface area contributed by atoms with Crippen LogP contribution < -0.4 is 20.1 Å². The van der Waals surface area contributed by atoms with Crippen molar-refractivity contribution in [1.29, 1.82) is 0 Å². The predicted octanol–water partition coefficient (Wildman–Crippen LogP) is 3.25. The van der Waals surface area contributed by atoms with Crippen LogP contribution in [-0.2, 0) is 21.5 Å². The maximum Gasteiger partial charge on any atom is 0.325 e. The molecule has 1 fully saturated rings. The van der Waals surface area contributed by atoms with E-state index in [2.05, 4.69) is 10.6 Å². The van der Waals surface area contributed by atoms with E-state index < -0.39 is 29.9 Å². The second-order valence-electron chi connectivity index (χ2n) is 8.61. The van der Waals surface area contributed by atoms with Crippen molar-refractivity contribution in [3.8, 4) is 11.5 Å². The van der Waals surface area contributed by atoms with Gasteiger partial charge in [0, 0.05) is 18.1 Å². The molecule has 182 valence electrons. The molecule has 0 aliphatic carbocycles. The van der Waals surface area contributed by atoms with E-state index in [1.807, 2.05) is 36.4 Å². The van der Waals surface area contributed by atoms with E-state index in [-0.39, 0.29) is 30.2 Å². The topological polar surface area (TPSA) is 114 Å². The summed E-state index contributed by atoms with van der Waals surface area (Å²) in [5.74, 6) is -0.666. The molecular formula is C27H23N3O6. The summed E-state index contributed by atoms with van der Waals surface area (Å²) in [5, 5.41) is 5.47. The molecule has 0 saturated carbocycles. The van der Waals surface area contributed by atoms with E-state index >= 15 is 0 Å². The van der Waals surface area contributed by atoms with Gasteiger partial charge in [-0.2, -0.15) is 0 Å². The Morgan fingerprint density at radius 2 is 1.61 bits per heavy atom. The highest BCUT2D eigenvalue weighted by Gasteiger charge is 2.52. The average Bonchev–Trinajstić information content (AvgIpc) is 3.42. The quantitative estimate of drug-likeness (QED) is 0.392. The van der Waals surface area contributed by atoms with Gasteiger partial charge < -0.3 is 20.1 Å². The van der Waals surface area contributed by atoms with Gasteiger partial charge in [-0.25, -0.2) is 4.79 Å². The van der Waals surface area contributed by atoms with Crippen LogP contribution in [0.1, 0.15) is 28.4 Å². The van der Waals surface area contributed by atoms with Crippen molar-refractivity contribution in [3.05, 3.63) is 89.5 Å². The van der Waals surface area contributed by atoms with Crippen molar-refractivity contribution in [2.45, 2.75) is 18.9 Å². The van der Waals surface area contributed by atoms with Gasteiger partial charge in [0.15, 0.2) is 22.8 Å². The third-order valence-electron chi connectivity index (χ3n) is 6.22. The van der Waals surface area contributed by atoms with Gasteiger partial charge in [-0.05, 0) is 24.1 Å². The van der Waals surface area contributed by atoms with Crippen LogP contribution in [0.3, 0.4) is 0 Å². The summed E-state index contributed by atoms with van der Waals surface area (Å²) in [6.07, 6.45) is 0.219. The van der Waals surface area contributed by atoms with E-state index in [4.69, 9.17) is 9.47 Å². The largest absolute Gasteiger partial charge is 0.454 e. The minimum atomic E-state index is -1.36. The lowest BCUT2D eigenvalue weighted by Gasteiger charge is -2.27. The normalized spacial score (nSPS) is 18.2. The molecule has 2 heterocycles. The molecule has 1 saturated heterocycles. The van der Waals surface area contributed by atoms with E-state index in [9.17, 15) is 19.2 Å². The molecule has 1 atom stereocenters. The molecule has 0 aromatic heterocycles. The minimum absolute atomic E-state index is 0.00944. The van der Waals surface area contributed by atoms with E-state index in [1.165, 1.54) is 19.1 Å². The van der Waals surface area contributed by atoms with E-state index in [0.29, 0.717) is 17.1 Å². The molecule has 2 aliphatic rings. The third kappa shape index (κ3) is 4.15. The number of carbonyl (C=O) groups excluding carboxylic acids is 4. The van der Waals surface area contributed by atoms with Gasteiger partial charge >= 0.3 is 6.03 Å². The summed E-state index contributed by atoms with van der Waals surface area (Å²) in [6.45, 7) is 0.845. The fourth-order valence-corrected chi connectivity index (χ4v) is 4.48. The molecule has 2 N–H and O–H groups in total. The summed E-state index contributed by atoms with van der Waals surface area (Å²) in [7, 11) is 0. The van der Waals surface area contributed by atoms with Crippen molar-refractivity contribution in [2.24, 2.45) is 0 Å². The number of benzene rings is 3. The number of rotatable bonds is 7. The lowest BCUT2D eigenvalue weighted by Crippen LogP contribution is -2.46. The van der Waals surface area contributed by atoms with Crippen molar-refractivity contribution in [3.63, 3.8) is 0 Å². The molecule has 36 heavy (non-hydrogen) atoms. The van der Waals surface area contributed by atoms with Crippen molar-refractivity contribution in [1.82, 2.24) is 10.2 Å². The Hall–Kier alpha value is -4.66. The van der Waals surface area contributed by atoms with Crippen LogP contribution in [0.5, 0.6) is 11.5 Å². The molecule has 3 aromatic carbocycles. The standard InChI is InChI=1S/C27H23N3O6/c1-17(31)20-12-22-23(36-16-35-22)13-21(20)28-24(32)15-30-25(33)27(29-26(30)34,19-10-6-3-7-11-19)14-18-8-4-2-5-9-18/h2-13H,14-16H2,1H3,(H,28,32)(H,29,34)/t27-/m1/s1. The minimum Gasteiger partial charge on any atom is -0.454 e. The number of fused-ring (bicyclic) bond motifs is 1. The van der Waals surface area contributed by atoms with Gasteiger partial charge in [0.25, 0.3) is 5.91 Å². The number of nitrogens with zero attached hydrogens (tertiary/aromatic N) is 1. The lowest BCUT2D eigenvalue weighted by atomic mass is 9.83. The van der Waals surface area contributed by atoms with Gasteiger partial charge in [-0.3, -0.25) is 19.3 Å². The number of hydrogen-bond donors (Lipinski definition) is 2. The molecule has 9 nitrogen and oxygen atoms in total. The van der Waals surface area contributed by atoms with Gasteiger partial charge in [0.1, 0.15) is 6.54 Å². The molecule has 0 bridgehead atoms. The summed E-state index contributed by atoms with van der Waals surface area (Å²) >= 11 is 0. The fourth-order valence-electron chi connectivity index (χ4n) is 4.48. The average molecular weight is 485 g/mol. The number of hydrogen-bond acceptors (Lipinski definition) is 6. The number of imide groups is 1. The van der Waals surface area contributed by atoms with Crippen LogP contribution in [0.4, 0.5) is 10.5 Å². The highest BCUT2D eigenvalue weighted by molar-refractivity contribution is 6.11. The smallest absolute Gasteiger partial charge is 0.325 e. The SMILES string of the molecule is CC(=O)c1cc2c(cc1NC(=O)CN1C(=O)N[C@](Cc3ccccc3)(c3ccccc3)C1=O)OCO2. The molecule has 0 spiro atoms.